The summed E-state index contributed by atoms with van der Waals surface area (Å²) in [7, 11) is 0. The van der Waals surface area contributed by atoms with Gasteiger partial charge in [-0.05, 0) is 32.9 Å². The van der Waals surface area contributed by atoms with Crippen LogP contribution < -0.4 is 17.2 Å². The van der Waals surface area contributed by atoms with E-state index in [1.807, 2.05) is 0 Å². The third kappa shape index (κ3) is 2.05. The lowest BCUT2D eigenvalue weighted by Crippen LogP contribution is -2.48. The summed E-state index contributed by atoms with van der Waals surface area (Å²) in [5.41, 5.74) is 15.7. The average Bonchev–Trinajstić information content (AvgIpc) is 2.20. The maximum atomic E-state index is 12.0. The van der Waals surface area contributed by atoms with Gasteiger partial charge in [0.25, 0.3) is 0 Å². The minimum Gasteiger partial charge on any atom is -0.399 e. The van der Waals surface area contributed by atoms with Crippen LogP contribution in [-0.4, -0.2) is 17.3 Å². The zero-order valence-electron chi connectivity index (χ0n) is 11.1. The summed E-state index contributed by atoms with van der Waals surface area (Å²) >= 11 is 0. The van der Waals surface area contributed by atoms with Crippen molar-refractivity contribution >= 4 is 34.4 Å². The Balaban J connectivity index is 3.84. The largest absolute Gasteiger partial charge is 0.399 e. The summed E-state index contributed by atoms with van der Waals surface area (Å²) in [6, 6.07) is 2.74. The fourth-order valence-electron chi connectivity index (χ4n) is 2.42. The Hall–Kier alpha value is -2.37. The number of carbonyl (C=O) groups is 3. The molecule has 6 heteroatoms. The first-order valence-corrected chi connectivity index (χ1v) is 5.63. The molecule has 0 unspecified atom stereocenters. The molecule has 102 valence electrons. The Kier molecular flexibility index (Phi) is 3.65. The summed E-state index contributed by atoms with van der Waals surface area (Å²) in [5.74, 6) is -1.85. The quantitative estimate of drug-likeness (QED) is 0.533. The minimum absolute atomic E-state index is 0.0224. The Morgan fingerprint density at radius 1 is 0.842 bits per heavy atom. The maximum absolute atomic E-state index is 12.0. The molecule has 19 heavy (non-hydrogen) atoms. The van der Waals surface area contributed by atoms with Gasteiger partial charge in [-0.2, -0.15) is 0 Å². The zero-order chi connectivity index (χ0) is 15.0. The molecule has 1 aromatic carbocycles. The van der Waals surface area contributed by atoms with Gasteiger partial charge in [-0.15, -0.1) is 0 Å². The summed E-state index contributed by atoms with van der Waals surface area (Å²) in [5, 5.41) is 0. The van der Waals surface area contributed by atoms with Gasteiger partial charge in [-0.25, -0.2) is 0 Å². The Morgan fingerprint density at radius 2 is 1.16 bits per heavy atom. The Morgan fingerprint density at radius 3 is 1.42 bits per heavy atom. The van der Waals surface area contributed by atoms with Crippen molar-refractivity contribution in [2.45, 2.75) is 26.2 Å². The Labute approximate surface area is 110 Å². The number of nitrogen functional groups attached to an aromatic ring is 3. The van der Waals surface area contributed by atoms with Crippen LogP contribution >= 0.6 is 0 Å². The third-order valence-corrected chi connectivity index (χ3v) is 3.18. The van der Waals surface area contributed by atoms with Gasteiger partial charge in [-0.3, -0.25) is 14.4 Å². The van der Waals surface area contributed by atoms with E-state index in [1.54, 1.807) is 0 Å². The van der Waals surface area contributed by atoms with Crippen LogP contribution in [0.5, 0.6) is 0 Å². The highest BCUT2D eigenvalue weighted by molar-refractivity contribution is 6.29. The number of nitrogens with two attached hydrogens (primary N) is 3. The van der Waals surface area contributed by atoms with Gasteiger partial charge in [0.15, 0.2) is 22.8 Å². The summed E-state index contributed by atoms with van der Waals surface area (Å²) in [4.78, 5) is 35.9. The number of rotatable bonds is 4. The second-order valence-corrected chi connectivity index (χ2v) is 4.49. The highest BCUT2D eigenvalue weighted by Gasteiger charge is 2.49. The van der Waals surface area contributed by atoms with Crippen LogP contribution in [0.1, 0.15) is 26.3 Å². The molecule has 0 aliphatic rings. The molecule has 0 aliphatic heterocycles. The van der Waals surface area contributed by atoms with Crippen molar-refractivity contribution in [3.8, 4) is 0 Å². The van der Waals surface area contributed by atoms with E-state index in [0.29, 0.717) is 5.69 Å². The summed E-state index contributed by atoms with van der Waals surface area (Å²) < 4.78 is 0. The van der Waals surface area contributed by atoms with Crippen molar-refractivity contribution in [2.24, 2.45) is 0 Å². The predicted molar refractivity (Wildman–Crippen MR) is 73.4 cm³/mol. The highest BCUT2D eigenvalue weighted by Crippen LogP contribution is 2.38. The molecule has 1 rings (SSSR count). The van der Waals surface area contributed by atoms with Crippen LogP contribution in [0.25, 0.3) is 0 Å². The lowest BCUT2D eigenvalue weighted by molar-refractivity contribution is -0.140. The lowest BCUT2D eigenvalue weighted by atomic mass is 9.70. The smallest absolute Gasteiger partial charge is 0.173 e. The first-order chi connectivity index (χ1) is 8.65. The van der Waals surface area contributed by atoms with Gasteiger partial charge in [-0.1, -0.05) is 0 Å². The minimum atomic E-state index is -1.96. The van der Waals surface area contributed by atoms with Crippen LogP contribution in [0.4, 0.5) is 17.1 Å². The van der Waals surface area contributed by atoms with Crippen molar-refractivity contribution in [2.75, 3.05) is 17.2 Å². The van der Waals surface area contributed by atoms with Gasteiger partial charge in [0.1, 0.15) is 0 Å². The fraction of sp³-hybridized carbons (Fsp3) is 0.308. The SMILES string of the molecule is CC(=O)C(C(C)=O)(C(C)=O)c1c(N)cc(N)cc1N. The molecule has 6 N–H and O–H groups in total. The van der Waals surface area contributed by atoms with Gasteiger partial charge < -0.3 is 17.2 Å². The second kappa shape index (κ2) is 4.72. The standard InChI is InChI=1S/C13H17N3O3/c1-6(17)13(7(2)18,8(3)19)12-10(15)4-9(14)5-11(12)16/h4-5H,14-16H2,1-3H3. The van der Waals surface area contributed by atoms with Gasteiger partial charge in [0.2, 0.25) is 0 Å². The fourth-order valence-corrected chi connectivity index (χ4v) is 2.42. The van der Waals surface area contributed by atoms with E-state index < -0.39 is 22.8 Å². The average molecular weight is 263 g/mol. The van der Waals surface area contributed by atoms with E-state index in [1.165, 1.54) is 12.1 Å². The van der Waals surface area contributed by atoms with Crippen LogP contribution in [-0.2, 0) is 19.8 Å². The molecule has 0 saturated carbocycles. The normalized spacial score (nSPS) is 11.1. The molecule has 0 fully saturated rings. The number of hydrogen-bond acceptors (Lipinski definition) is 6. The molecule has 0 atom stereocenters. The highest BCUT2D eigenvalue weighted by atomic mass is 16.2. The van der Waals surface area contributed by atoms with Crippen molar-refractivity contribution in [3.63, 3.8) is 0 Å². The van der Waals surface area contributed by atoms with E-state index in [9.17, 15) is 14.4 Å². The van der Waals surface area contributed by atoms with E-state index in [4.69, 9.17) is 17.2 Å². The van der Waals surface area contributed by atoms with Crippen LogP contribution in [0.3, 0.4) is 0 Å². The molecule has 0 spiro atoms. The molecule has 0 radical (unpaired) electrons. The van der Waals surface area contributed by atoms with E-state index in [-0.39, 0.29) is 16.9 Å². The number of benzene rings is 1. The topological polar surface area (TPSA) is 129 Å². The van der Waals surface area contributed by atoms with Crippen molar-refractivity contribution in [1.82, 2.24) is 0 Å². The maximum Gasteiger partial charge on any atom is 0.173 e. The number of Topliss-reactive ketones (excluding diaryl/α,β-unsaturated/α-hetero) is 3. The lowest BCUT2D eigenvalue weighted by Gasteiger charge is -2.29. The number of carbonyl (C=O) groups excluding carboxylic acids is 3. The number of anilines is 3. The van der Waals surface area contributed by atoms with Crippen LogP contribution in [0, 0.1) is 0 Å². The first kappa shape index (κ1) is 14.7. The molecule has 0 aliphatic carbocycles. The molecule has 0 aromatic heterocycles. The van der Waals surface area contributed by atoms with Crippen molar-refractivity contribution < 1.29 is 14.4 Å². The Bertz CT molecular complexity index is 519. The van der Waals surface area contributed by atoms with Crippen molar-refractivity contribution in [3.05, 3.63) is 17.7 Å². The molecular weight excluding hydrogens is 246 g/mol. The van der Waals surface area contributed by atoms with Crippen molar-refractivity contribution in [1.29, 1.82) is 0 Å². The molecule has 0 bridgehead atoms. The van der Waals surface area contributed by atoms with Crippen LogP contribution in [0.15, 0.2) is 12.1 Å². The molecular formula is C13H17N3O3. The first-order valence-electron chi connectivity index (χ1n) is 5.63. The summed E-state index contributed by atoms with van der Waals surface area (Å²) in [6.07, 6.45) is 0. The predicted octanol–water partition coefficient (Wildman–Crippen LogP) is 0.438. The molecule has 0 heterocycles. The summed E-state index contributed by atoms with van der Waals surface area (Å²) in [6.45, 7) is 3.49. The monoisotopic (exact) mass is 263 g/mol. The van der Waals surface area contributed by atoms with E-state index in [2.05, 4.69) is 0 Å². The van der Waals surface area contributed by atoms with E-state index >= 15 is 0 Å². The van der Waals surface area contributed by atoms with Crippen LogP contribution in [0.2, 0.25) is 0 Å². The molecule has 6 nitrogen and oxygen atoms in total. The number of ketones is 3. The second-order valence-electron chi connectivity index (χ2n) is 4.49. The third-order valence-electron chi connectivity index (χ3n) is 3.18. The van der Waals surface area contributed by atoms with Gasteiger partial charge >= 0.3 is 0 Å². The molecule has 0 saturated heterocycles. The molecule has 1 aromatic rings. The molecule has 0 amide bonds. The van der Waals surface area contributed by atoms with Gasteiger partial charge in [0, 0.05) is 22.6 Å². The zero-order valence-corrected chi connectivity index (χ0v) is 11.1. The van der Waals surface area contributed by atoms with Gasteiger partial charge in [0.05, 0.1) is 0 Å². The van der Waals surface area contributed by atoms with E-state index in [0.717, 1.165) is 20.8 Å². The number of hydrogen-bond donors (Lipinski definition) is 3.